The molecule has 1 heterocycles. The summed E-state index contributed by atoms with van der Waals surface area (Å²) in [6, 6.07) is 8.84. The van der Waals surface area contributed by atoms with E-state index in [1.165, 1.54) is 5.56 Å². The predicted molar refractivity (Wildman–Crippen MR) is 64.8 cm³/mol. The van der Waals surface area contributed by atoms with Gasteiger partial charge in [-0.1, -0.05) is 28.1 Å². The number of ether oxygens (including phenoxy) is 1. The van der Waals surface area contributed by atoms with Crippen molar-refractivity contribution in [2.24, 2.45) is 0 Å². The molecule has 1 saturated heterocycles. The van der Waals surface area contributed by atoms with Gasteiger partial charge in [-0.15, -0.1) is 0 Å². The molecule has 2 nitrogen and oxygen atoms in total. The molecule has 0 aliphatic carbocycles. The molecule has 1 aliphatic heterocycles. The van der Waals surface area contributed by atoms with Crippen LogP contribution >= 0.6 is 15.9 Å². The van der Waals surface area contributed by atoms with Crippen LogP contribution in [0.1, 0.15) is 19.4 Å². The molecule has 0 bridgehead atoms. The largest absolute Gasteiger partial charge is 0.359 e. The lowest BCUT2D eigenvalue weighted by atomic mass is 10.0. The number of nitrogens with one attached hydrogen (secondary N) is 1. The van der Waals surface area contributed by atoms with Gasteiger partial charge in [-0.2, -0.15) is 0 Å². The Morgan fingerprint density at radius 3 is 2.67 bits per heavy atom. The fourth-order valence-electron chi connectivity index (χ4n) is 2.01. The number of benzene rings is 1. The molecule has 2 rings (SSSR count). The summed E-state index contributed by atoms with van der Waals surface area (Å²) in [6.07, 6.45) is 0.907. The lowest BCUT2D eigenvalue weighted by molar-refractivity contribution is 0.00690. The molecule has 1 N–H and O–H groups in total. The predicted octanol–water partition coefficient (Wildman–Crippen LogP) is 2.72. The van der Waals surface area contributed by atoms with Gasteiger partial charge in [-0.05, 0) is 31.5 Å². The third-order valence-electron chi connectivity index (χ3n) is 2.66. The van der Waals surface area contributed by atoms with Crippen molar-refractivity contribution in [2.75, 3.05) is 6.61 Å². The first-order valence-corrected chi connectivity index (χ1v) is 6.03. The van der Waals surface area contributed by atoms with Crippen LogP contribution < -0.4 is 5.32 Å². The van der Waals surface area contributed by atoms with Crippen LogP contribution in [0.2, 0.25) is 0 Å². The number of rotatable bonds is 2. The van der Waals surface area contributed by atoms with Gasteiger partial charge in [0, 0.05) is 16.9 Å². The Hall–Kier alpha value is -0.380. The van der Waals surface area contributed by atoms with Crippen molar-refractivity contribution in [3.8, 4) is 0 Å². The molecule has 0 saturated carbocycles. The van der Waals surface area contributed by atoms with Gasteiger partial charge in [0.05, 0.1) is 6.61 Å². The minimum atomic E-state index is -0.201. The quantitative estimate of drug-likeness (QED) is 0.892. The minimum absolute atomic E-state index is 0.201. The van der Waals surface area contributed by atoms with Crippen LogP contribution in [-0.4, -0.2) is 18.4 Å². The van der Waals surface area contributed by atoms with E-state index >= 15 is 0 Å². The molecule has 1 aliphatic rings. The second-order valence-electron chi connectivity index (χ2n) is 4.39. The van der Waals surface area contributed by atoms with E-state index < -0.39 is 0 Å². The Kier molecular flexibility index (Phi) is 3.14. The molecule has 0 spiro atoms. The van der Waals surface area contributed by atoms with Crippen LogP contribution in [0.25, 0.3) is 0 Å². The van der Waals surface area contributed by atoms with Gasteiger partial charge in [-0.25, -0.2) is 0 Å². The number of halogens is 1. The van der Waals surface area contributed by atoms with Crippen LogP contribution in [0, 0.1) is 0 Å². The Morgan fingerprint density at radius 1 is 1.47 bits per heavy atom. The maximum atomic E-state index is 5.76. The molecule has 1 fully saturated rings. The van der Waals surface area contributed by atoms with Crippen molar-refractivity contribution in [2.45, 2.75) is 32.0 Å². The standard InChI is InChI=1S/C12H16BrNO/c1-9-8-15-12(2,14-9)7-10-3-5-11(13)6-4-10/h3-6,9,14H,7-8H2,1-2H3. The lowest BCUT2D eigenvalue weighted by Gasteiger charge is -2.24. The van der Waals surface area contributed by atoms with Gasteiger partial charge in [0.2, 0.25) is 0 Å². The lowest BCUT2D eigenvalue weighted by Crippen LogP contribution is -2.42. The Balaban J connectivity index is 2.05. The van der Waals surface area contributed by atoms with Crippen LogP contribution in [-0.2, 0) is 11.2 Å². The zero-order valence-corrected chi connectivity index (χ0v) is 10.7. The van der Waals surface area contributed by atoms with Gasteiger partial charge in [-0.3, -0.25) is 5.32 Å². The Labute approximate surface area is 99.1 Å². The van der Waals surface area contributed by atoms with E-state index in [1.54, 1.807) is 0 Å². The first kappa shape index (κ1) is 11.1. The first-order chi connectivity index (χ1) is 7.07. The maximum Gasteiger partial charge on any atom is 0.120 e. The summed E-state index contributed by atoms with van der Waals surface area (Å²) in [5.41, 5.74) is 1.09. The molecule has 15 heavy (non-hydrogen) atoms. The molecule has 0 radical (unpaired) electrons. The second kappa shape index (κ2) is 4.24. The van der Waals surface area contributed by atoms with Gasteiger partial charge in [0.25, 0.3) is 0 Å². The summed E-state index contributed by atoms with van der Waals surface area (Å²) in [6.45, 7) is 5.05. The second-order valence-corrected chi connectivity index (χ2v) is 5.31. The van der Waals surface area contributed by atoms with Gasteiger partial charge >= 0.3 is 0 Å². The summed E-state index contributed by atoms with van der Waals surface area (Å²) in [5.74, 6) is 0. The number of hydrogen-bond donors (Lipinski definition) is 1. The van der Waals surface area contributed by atoms with Crippen molar-refractivity contribution < 1.29 is 4.74 Å². The molecular formula is C12H16BrNO. The van der Waals surface area contributed by atoms with E-state index in [4.69, 9.17) is 4.74 Å². The van der Waals surface area contributed by atoms with E-state index in [1.807, 2.05) is 0 Å². The van der Waals surface area contributed by atoms with E-state index in [0.717, 1.165) is 17.5 Å². The fraction of sp³-hybridized carbons (Fsp3) is 0.500. The highest BCUT2D eigenvalue weighted by Gasteiger charge is 2.33. The average Bonchev–Trinajstić information content (AvgIpc) is 2.50. The molecule has 2 atom stereocenters. The Bertz CT molecular complexity index is 338. The molecule has 2 unspecified atom stereocenters. The van der Waals surface area contributed by atoms with Crippen molar-refractivity contribution in [1.29, 1.82) is 0 Å². The Morgan fingerprint density at radius 2 is 2.13 bits per heavy atom. The highest BCUT2D eigenvalue weighted by atomic mass is 79.9. The third-order valence-corrected chi connectivity index (χ3v) is 3.19. The van der Waals surface area contributed by atoms with Crippen molar-refractivity contribution >= 4 is 15.9 Å². The minimum Gasteiger partial charge on any atom is -0.359 e. The summed E-state index contributed by atoms with van der Waals surface area (Å²) in [5, 5.41) is 3.46. The van der Waals surface area contributed by atoms with Crippen LogP contribution in [0.15, 0.2) is 28.7 Å². The summed E-state index contributed by atoms with van der Waals surface area (Å²) < 4.78 is 6.88. The van der Waals surface area contributed by atoms with Crippen LogP contribution in [0.4, 0.5) is 0 Å². The van der Waals surface area contributed by atoms with E-state index in [2.05, 4.69) is 59.4 Å². The average molecular weight is 270 g/mol. The van der Waals surface area contributed by atoms with E-state index in [9.17, 15) is 0 Å². The van der Waals surface area contributed by atoms with Gasteiger partial charge in [0.15, 0.2) is 0 Å². The summed E-state index contributed by atoms with van der Waals surface area (Å²) >= 11 is 3.43. The SMILES string of the molecule is CC1COC(C)(Cc2ccc(Br)cc2)N1. The normalized spacial score (nSPS) is 30.7. The van der Waals surface area contributed by atoms with Crippen molar-refractivity contribution in [3.05, 3.63) is 34.3 Å². The molecular weight excluding hydrogens is 254 g/mol. The summed E-state index contributed by atoms with van der Waals surface area (Å²) in [4.78, 5) is 0. The van der Waals surface area contributed by atoms with Crippen LogP contribution in [0.3, 0.4) is 0 Å². The van der Waals surface area contributed by atoms with E-state index in [0.29, 0.717) is 6.04 Å². The molecule has 1 aromatic rings. The molecule has 3 heteroatoms. The molecule has 82 valence electrons. The first-order valence-electron chi connectivity index (χ1n) is 5.23. The van der Waals surface area contributed by atoms with Gasteiger partial charge in [0.1, 0.15) is 5.72 Å². The van der Waals surface area contributed by atoms with Crippen molar-refractivity contribution in [3.63, 3.8) is 0 Å². The van der Waals surface area contributed by atoms with Gasteiger partial charge < -0.3 is 4.74 Å². The number of hydrogen-bond acceptors (Lipinski definition) is 2. The molecule has 0 aromatic heterocycles. The fourth-order valence-corrected chi connectivity index (χ4v) is 2.27. The van der Waals surface area contributed by atoms with E-state index in [-0.39, 0.29) is 5.72 Å². The van der Waals surface area contributed by atoms with Crippen LogP contribution in [0.5, 0.6) is 0 Å². The maximum absolute atomic E-state index is 5.76. The summed E-state index contributed by atoms with van der Waals surface area (Å²) in [7, 11) is 0. The smallest absolute Gasteiger partial charge is 0.120 e. The topological polar surface area (TPSA) is 21.3 Å². The highest BCUT2D eigenvalue weighted by Crippen LogP contribution is 2.21. The monoisotopic (exact) mass is 269 g/mol. The molecule has 0 amide bonds. The molecule has 1 aromatic carbocycles. The highest BCUT2D eigenvalue weighted by molar-refractivity contribution is 9.10. The third kappa shape index (κ3) is 2.80. The zero-order valence-electron chi connectivity index (χ0n) is 9.09. The zero-order chi connectivity index (χ0) is 10.9. The van der Waals surface area contributed by atoms with Crippen molar-refractivity contribution in [1.82, 2.24) is 5.32 Å².